The highest BCUT2D eigenvalue weighted by molar-refractivity contribution is 6.35. The second-order valence-electron chi connectivity index (χ2n) is 5.61. The van der Waals surface area contributed by atoms with Crippen molar-refractivity contribution in [1.82, 2.24) is 14.8 Å². The fourth-order valence-corrected chi connectivity index (χ4v) is 2.85. The fraction of sp³-hybridized carbons (Fsp3) is 0.294. The minimum atomic E-state index is -0.638. The Kier molecular flexibility index (Phi) is 4.14. The molecular weight excluding hydrogens is 297 g/mol. The zero-order valence-electron chi connectivity index (χ0n) is 12.8. The minimum absolute atomic E-state index is 0.136. The number of hydrogen-bond acceptors (Lipinski definition) is 2. The van der Waals surface area contributed by atoms with Crippen LogP contribution in [-0.4, -0.2) is 27.8 Å². The summed E-state index contributed by atoms with van der Waals surface area (Å²) in [5.74, 6) is -1.51. The van der Waals surface area contributed by atoms with Gasteiger partial charge in [0.1, 0.15) is 5.82 Å². The molecule has 0 bridgehead atoms. The fourth-order valence-electron chi connectivity index (χ4n) is 2.85. The van der Waals surface area contributed by atoms with Crippen LogP contribution in [0.25, 0.3) is 0 Å². The van der Waals surface area contributed by atoms with Gasteiger partial charge in [-0.05, 0) is 36.8 Å². The Morgan fingerprint density at radius 3 is 2.70 bits per heavy atom. The maximum absolute atomic E-state index is 12.8. The Hall–Kier alpha value is -2.63. The van der Waals surface area contributed by atoms with Crippen LogP contribution >= 0.6 is 0 Å². The number of nitrogens with zero attached hydrogens (tertiary/aromatic N) is 2. The maximum atomic E-state index is 12.8. The molecule has 1 aromatic carbocycles. The van der Waals surface area contributed by atoms with Gasteiger partial charge in [0.2, 0.25) is 0 Å². The van der Waals surface area contributed by atoms with Crippen molar-refractivity contribution >= 4 is 11.8 Å². The molecule has 1 aliphatic rings. The summed E-state index contributed by atoms with van der Waals surface area (Å²) in [6.07, 6.45) is 1.97. The summed E-state index contributed by atoms with van der Waals surface area (Å²) in [5.41, 5.74) is 1.77. The molecule has 5 nitrogen and oxygen atoms in total. The van der Waals surface area contributed by atoms with Crippen LogP contribution in [0.1, 0.15) is 24.2 Å². The molecule has 2 aromatic rings. The average molecular weight is 315 g/mol. The number of halogens is 1. The molecule has 2 amide bonds. The van der Waals surface area contributed by atoms with Crippen molar-refractivity contribution in [3.05, 3.63) is 59.7 Å². The lowest BCUT2D eigenvalue weighted by Crippen LogP contribution is -2.47. The number of fused-ring (bicyclic) bond motifs is 1. The van der Waals surface area contributed by atoms with Gasteiger partial charge in [-0.1, -0.05) is 12.1 Å². The third-order valence-electron chi connectivity index (χ3n) is 4.16. The zero-order valence-corrected chi connectivity index (χ0v) is 12.8. The number of carbonyl (C=O) groups is 2. The summed E-state index contributed by atoms with van der Waals surface area (Å²) in [5, 5.41) is 2.59. The minimum Gasteiger partial charge on any atom is -0.348 e. The van der Waals surface area contributed by atoms with Crippen LogP contribution < -0.4 is 5.32 Å². The van der Waals surface area contributed by atoms with Gasteiger partial charge >= 0.3 is 11.8 Å². The summed E-state index contributed by atoms with van der Waals surface area (Å²) < 4.78 is 14.9. The number of rotatable bonds is 2. The molecule has 0 fully saturated rings. The number of hydrogen-bond donors (Lipinski definition) is 1. The molecule has 0 saturated carbocycles. The molecule has 1 aromatic heterocycles. The first-order valence-electron chi connectivity index (χ1n) is 7.54. The van der Waals surface area contributed by atoms with Crippen molar-refractivity contribution in [3.8, 4) is 0 Å². The zero-order chi connectivity index (χ0) is 16.4. The summed E-state index contributed by atoms with van der Waals surface area (Å²) in [6.45, 7) is 3.30. The summed E-state index contributed by atoms with van der Waals surface area (Å²) in [7, 11) is 0. The topological polar surface area (TPSA) is 54.3 Å². The van der Waals surface area contributed by atoms with Gasteiger partial charge in [0.25, 0.3) is 0 Å². The van der Waals surface area contributed by atoms with E-state index in [9.17, 15) is 14.0 Å². The molecule has 1 N–H and O–H groups in total. The van der Waals surface area contributed by atoms with E-state index in [2.05, 4.69) is 9.88 Å². The van der Waals surface area contributed by atoms with Crippen molar-refractivity contribution in [1.29, 1.82) is 0 Å². The Morgan fingerprint density at radius 1 is 1.22 bits per heavy atom. The quantitative estimate of drug-likeness (QED) is 0.860. The lowest BCUT2D eigenvalue weighted by atomic mass is 10.1. The highest BCUT2D eigenvalue weighted by Gasteiger charge is 2.30. The van der Waals surface area contributed by atoms with Crippen molar-refractivity contribution in [3.63, 3.8) is 0 Å². The Bertz CT molecular complexity index is 724. The third kappa shape index (κ3) is 3.11. The molecule has 1 aliphatic heterocycles. The first-order valence-corrected chi connectivity index (χ1v) is 7.54. The van der Waals surface area contributed by atoms with Gasteiger partial charge in [-0.15, -0.1) is 0 Å². The molecule has 0 radical (unpaired) electrons. The highest BCUT2D eigenvalue weighted by atomic mass is 19.1. The van der Waals surface area contributed by atoms with E-state index < -0.39 is 11.8 Å². The molecule has 0 spiro atoms. The normalized spacial score (nSPS) is 16.8. The number of aromatic nitrogens is 1. The molecule has 120 valence electrons. The monoisotopic (exact) mass is 315 g/mol. The molecular formula is C17H18FN3O2. The van der Waals surface area contributed by atoms with Crippen molar-refractivity contribution in [2.45, 2.75) is 26.1 Å². The lowest BCUT2D eigenvalue weighted by molar-refractivity contribution is -0.148. The Labute approximate surface area is 133 Å². The molecule has 23 heavy (non-hydrogen) atoms. The van der Waals surface area contributed by atoms with Crippen molar-refractivity contribution in [2.24, 2.45) is 0 Å². The van der Waals surface area contributed by atoms with E-state index in [1.54, 1.807) is 17.0 Å². The van der Waals surface area contributed by atoms with E-state index in [1.165, 1.54) is 12.1 Å². The Balaban J connectivity index is 1.61. The van der Waals surface area contributed by atoms with Crippen LogP contribution in [0.5, 0.6) is 0 Å². The summed E-state index contributed by atoms with van der Waals surface area (Å²) in [4.78, 5) is 26.0. The number of carbonyl (C=O) groups excluding carboxylic acids is 2. The van der Waals surface area contributed by atoms with Gasteiger partial charge in [0, 0.05) is 31.5 Å². The predicted molar refractivity (Wildman–Crippen MR) is 82.8 cm³/mol. The van der Waals surface area contributed by atoms with Crippen LogP contribution in [0, 0.1) is 5.82 Å². The summed E-state index contributed by atoms with van der Waals surface area (Å²) in [6, 6.07) is 9.57. The van der Waals surface area contributed by atoms with Crippen LogP contribution in [0.4, 0.5) is 4.39 Å². The Morgan fingerprint density at radius 2 is 1.96 bits per heavy atom. The van der Waals surface area contributed by atoms with Crippen LogP contribution in [0.15, 0.2) is 42.6 Å². The average Bonchev–Trinajstić information content (AvgIpc) is 3.03. The second-order valence-corrected chi connectivity index (χ2v) is 5.61. The molecule has 0 aliphatic carbocycles. The highest BCUT2D eigenvalue weighted by Crippen LogP contribution is 2.25. The first-order chi connectivity index (χ1) is 11.1. The van der Waals surface area contributed by atoms with Crippen molar-refractivity contribution in [2.75, 3.05) is 6.54 Å². The number of amides is 2. The van der Waals surface area contributed by atoms with E-state index in [-0.39, 0.29) is 18.4 Å². The molecule has 1 atom stereocenters. The van der Waals surface area contributed by atoms with E-state index in [4.69, 9.17) is 0 Å². The van der Waals surface area contributed by atoms with E-state index in [1.807, 2.05) is 25.3 Å². The second kappa shape index (κ2) is 6.24. The molecule has 3 rings (SSSR count). The lowest BCUT2D eigenvalue weighted by Gasteiger charge is -2.34. The molecule has 2 heterocycles. The van der Waals surface area contributed by atoms with E-state index >= 15 is 0 Å². The van der Waals surface area contributed by atoms with Crippen LogP contribution in [-0.2, 0) is 22.7 Å². The van der Waals surface area contributed by atoms with Gasteiger partial charge in [-0.2, -0.15) is 0 Å². The molecule has 0 saturated heterocycles. The van der Waals surface area contributed by atoms with Gasteiger partial charge < -0.3 is 14.8 Å². The largest absolute Gasteiger partial charge is 0.348 e. The molecule has 0 unspecified atom stereocenters. The number of nitrogens with one attached hydrogen (secondary N) is 1. The SMILES string of the molecule is C[C@@H]1c2cccn2CCN1C(=O)C(=O)NCc1ccc(F)cc1. The predicted octanol–water partition coefficient (Wildman–Crippen LogP) is 1.85. The van der Waals surface area contributed by atoms with Gasteiger partial charge in [0.05, 0.1) is 6.04 Å². The maximum Gasteiger partial charge on any atom is 0.312 e. The van der Waals surface area contributed by atoms with Gasteiger partial charge in [-0.25, -0.2) is 4.39 Å². The summed E-state index contributed by atoms with van der Waals surface area (Å²) >= 11 is 0. The van der Waals surface area contributed by atoms with E-state index in [0.29, 0.717) is 13.1 Å². The number of benzene rings is 1. The van der Waals surface area contributed by atoms with Crippen LogP contribution in [0.3, 0.4) is 0 Å². The van der Waals surface area contributed by atoms with Crippen LogP contribution in [0.2, 0.25) is 0 Å². The van der Waals surface area contributed by atoms with Gasteiger partial charge in [0.15, 0.2) is 0 Å². The van der Waals surface area contributed by atoms with Crippen molar-refractivity contribution < 1.29 is 14.0 Å². The molecule has 6 heteroatoms. The van der Waals surface area contributed by atoms with E-state index in [0.717, 1.165) is 11.3 Å². The first kappa shape index (κ1) is 15.3. The standard InChI is InChI=1S/C17H18FN3O2/c1-12-15-3-2-8-20(15)9-10-21(12)17(23)16(22)19-11-13-4-6-14(18)7-5-13/h2-8,12H,9-11H2,1H3,(H,19,22)/t12-/m1/s1. The van der Waals surface area contributed by atoms with Gasteiger partial charge in [-0.3, -0.25) is 9.59 Å². The third-order valence-corrected chi connectivity index (χ3v) is 4.16. The smallest absolute Gasteiger partial charge is 0.312 e.